The molecule has 7 nitrogen and oxygen atoms in total. The van der Waals surface area contributed by atoms with E-state index in [1.165, 1.54) is 41.3 Å². The number of sulfone groups is 1. The van der Waals surface area contributed by atoms with Gasteiger partial charge in [-0.3, -0.25) is 10.1 Å². The molecule has 1 heterocycles. The lowest BCUT2D eigenvalue weighted by molar-refractivity contribution is -0.385. The van der Waals surface area contributed by atoms with Gasteiger partial charge in [0.2, 0.25) is 0 Å². The van der Waals surface area contributed by atoms with Gasteiger partial charge in [0.15, 0.2) is 14.2 Å². The third kappa shape index (κ3) is 4.76. The maximum absolute atomic E-state index is 12.4. The summed E-state index contributed by atoms with van der Waals surface area (Å²) in [6.45, 7) is 2.50. The van der Waals surface area contributed by atoms with Crippen LogP contribution in [0, 0.1) is 10.1 Å². The van der Waals surface area contributed by atoms with Crippen LogP contribution < -0.4 is 4.74 Å². The second-order valence-electron chi connectivity index (χ2n) is 5.46. The van der Waals surface area contributed by atoms with E-state index in [2.05, 4.69) is 4.98 Å². The molecule has 0 aliphatic carbocycles. The molecule has 3 rings (SSSR count). The van der Waals surface area contributed by atoms with Gasteiger partial charge in [0.05, 0.1) is 32.4 Å². The zero-order valence-electron chi connectivity index (χ0n) is 14.3. The number of rotatable bonds is 8. The second kappa shape index (κ2) is 8.24. The highest BCUT2D eigenvalue weighted by Crippen LogP contribution is 2.32. The number of nitro groups is 1. The molecule has 0 radical (unpaired) electrons. The van der Waals surface area contributed by atoms with Crippen LogP contribution in [-0.4, -0.2) is 36.4 Å². The predicted octanol–water partition coefficient (Wildman–Crippen LogP) is 4.17. The normalized spacial score (nSPS) is 11.6. The molecule has 0 bridgehead atoms. The van der Waals surface area contributed by atoms with Crippen molar-refractivity contribution in [1.29, 1.82) is 0 Å². The van der Waals surface area contributed by atoms with E-state index < -0.39 is 14.8 Å². The maximum atomic E-state index is 12.4. The molecule has 0 N–H and O–H groups in total. The Kier molecular flexibility index (Phi) is 5.98. The standard InChI is InChI=1S/C17H16N2O5S3/c1-2-24-13-6-7-15-16(11-13)26-17(18-15)25-8-9-27(22,23)14-5-3-4-12(10-14)19(20)21/h3-7,10-11H,2,8-9H2,1H3. The van der Waals surface area contributed by atoms with Crippen molar-refractivity contribution >= 4 is 48.8 Å². The van der Waals surface area contributed by atoms with Crippen LogP contribution in [0.2, 0.25) is 0 Å². The van der Waals surface area contributed by atoms with Crippen molar-refractivity contribution in [2.75, 3.05) is 18.1 Å². The Morgan fingerprint density at radius 1 is 1.26 bits per heavy atom. The molecule has 0 aliphatic heterocycles. The van der Waals surface area contributed by atoms with Crippen LogP contribution in [0.1, 0.15) is 6.92 Å². The van der Waals surface area contributed by atoms with Gasteiger partial charge >= 0.3 is 0 Å². The molecule has 27 heavy (non-hydrogen) atoms. The minimum absolute atomic E-state index is 0.0389. The molecule has 10 heteroatoms. The van der Waals surface area contributed by atoms with Crippen molar-refractivity contribution in [2.45, 2.75) is 16.2 Å². The molecule has 142 valence electrons. The first-order chi connectivity index (χ1) is 12.9. The van der Waals surface area contributed by atoms with Crippen molar-refractivity contribution in [3.8, 4) is 5.75 Å². The molecule has 0 saturated heterocycles. The molecule has 0 spiro atoms. The average molecular weight is 425 g/mol. The van der Waals surface area contributed by atoms with E-state index >= 15 is 0 Å². The lowest BCUT2D eigenvalue weighted by atomic mass is 10.3. The summed E-state index contributed by atoms with van der Waals surface area (Å²) < 4.78 is 32.1. The first kappa shape index (κ1) is 19.6. The van der Waals surface area contributed by atoms with E-state index in [-0.39, 0.29) is 16.3 Å². The van der Waals surface area contributed by atoms with Gasteiger partial charge in [-0.05, 0) is 31.2 Å². The third-order valence-corrected chi connectivity index (χ3v) is 7.75. The molecule has 0 atom stereocenters. The van der Waals surface area contributed by atoms with Gasteiger partial charge in [0, 0.05) is 17.9 Å². The van der Waals surface area contributed by atoms with E-state index in [1.807, 2.05) is 25.1 Å². The van der Waals surface area contributed by atoms with Gasteiger partial charge in [-0.15, -0.1) is 11.3 Å². The van der Waals surface area contributed by atoms with Crippen LogP contribution >= 0.6 is 23.1 Å². The summed E-state index contributed by atoms with van der Waals surface area (Å²) in [5.74, 6) is 0.959. The molecule has 3 aromatic rings. The highest BCUT2D eigenvalue weighted by molar-refractivity contribution is 8.02. The molecule has 0 amide bonds. The SMILES string of the molecule is CCOc1ccc2nc(SCCS(=O)(=O)c3cccc([N+](=O)[O-])c3)sc2c1. The fraction of sp³-hybridized carbons (Fsp3) is 0.235. The quantitative estimate of drug-likeness (QED) is 0.304. The van der Waals surface area contributed by atoms with Gasteiger partial charge in [-0.25, -0.2) is 13.4 Å². The molecule has 1 aromatic heterocycles. The number of fused-ring (bicyclic) bond motifs is 1. The second-order valence-corrected chi connectivity index (χ2v) is 9.95. The minimum atomic E-state index is -3.60. The van der Waals surface area contributed by atoms with Crippen molar-refractivity contribution in [2.24, 2.45) is 0 Å². The highest BCUT2D eigenvalue weighted by Gasteiger charge is 2.18. The average Bonchev–Trinajstić information content (AvgIpc) is 3.04. The summed E-state index contributed by atoms with van der Waals surface area (Å²) in [4.78, 5) is 14.7. The molecule has 0 fully saturated rings. The fourth-order valence-corrected chi connectivity index (χ4v) is 6.20. The molecule has 0 saturated carbocycles. The number of aromatic nitrogens is 1. The molecular formula is C17H16N2O5S3. The lowest BCUT2D eigenvalue weighted by Crippen LogP contribution is -2.09. The van der Waals surface area contributed by atoms with Gasteiger partial charge in [-0.2, -0.15) is 0 Å². The van der Waals surface area contributed by atoms with Crippen LogP contribution in [0.3, 0.4) is 0 Å². The van der Waals surface area contributed by atoms with E-state index in [9.17, 15) is 18.5 Å². The number of hydrogen-bond donors (Lipinski definition) is 0. The number of nitro benzene ring substituents is 1. The largest absolute Gasteiger partial charge is 0.494 e. The van der Waals surface area contributed by atoms with Gasteiger partial charge in [-0.1, -0.05) is 17.8 Å². The Morgan fingerprint density at radius 3 is 2.81 bits per heavy atom. The third-order valence-electron chi connectivity index (χ3n) is 3.62. The van der Waals surface area contributed by atoms with Crippen molar-refractivity contribution < 1.29 is 18.1 Å². The van der Waals surface area contributed by atoms with Crippen LogP contribution in [-0.2, 0) is 9.84 Å². The summed E-state index contributed by atoms with van der Waals surface area (Å²) in [5, 5.41) is 10.8. The van der Waals surface area contributed by atoms with Gasteiger partial charge in [0.25, 0.3) is 5.69 Å². The number of thioether (sulfide) groups is 1. The summed E-state index contributed by atoms with van der Waals surface area (Å²) in [5.41, 5.74) is 0.604. The van der Waals surface area contributed by atoms with E-state index in [1.54, 1.807) is 0 Å². The monoisotopic (exact) mass is 424 g/mol. The number of benzene rings is 2. The number of ether oxygens (including phenoxy) is 1. The zero-order valence-corrected chi connectivity index (χ0v) is 16.8. The topological polar surface area (TPSA) is 99.4 Å². The Hall–Kier alpha value is -2.17. The first-order valence-electron chi connectivity index (χ1n) is 8.02. The fourth-order valence-electron chi connectivity index (χ4n) is 2.35. The van der Waals surface area contributed by atoms with Crippen LogP contribution in [0.5, 0.6) is 5.75 Å². The summed E-state index contributed by atoms with van der Waals surface area (Å²) in [6, 6.07) is 10.8. The lowest BCUT2D eigenvalue weighted by Gasteiger charge is -2.03. The van der Waals surface area contributed by atoms with Gasteiger partial charge < -0.3 is 4.74 Å². The van der Waals surface area contributed by atoms with E-state index in [0.29, 0.717) is 12.4 Å². The Labute approximate surface area is 164 Å². The Bertz CT molecular complexity index is 1080. The molecular weight excluding hydrogens is 408 g/mol. The van der Waals surface area contributed by atoms with E-state index in [0.717, 1.165) is 26.4 Å². The van der Waals surface area contributed by atoms with Gasteiger partial charge in [0.1, 0.15) is 5.75 Å². The van der Waals surface area contributed by atoms with E-state index in [4.69, 9.17) is 4.74 Å². The minimum Gasteiger partial charge on any atom is -0.494 e. The van der Waals surface area contributed by atoms with Crippen molar-refractivity contribution in [1.82, 2.24) is 4.98 Å². The Morgan fingerprint density at radius 2 is 2.07 bits per heavy atom. The van der Waals surface area contributed by atoms with Crippen molar-refractivity contribution in [3.63, 3.8) is 0 Å². The summed E-state index contributed by atoms with van der Waals surface area (Å²) in [7, 11) is -3.60. The number of hydrogen-bond acceptors (Lipinski definition) is 8. The molecule has 0 unspecified atom stereocenters. The predicted molar refractivity (Wildman–Crippen MR) is 107 cm³/mol. The maximum Gasteiger partial charge on any atom is 0.270 e. The van der Waals surface area contributed by atoms with Crippen molar-refractivity contribution in [3.05, 3.63) is 52.6 Å². The number of non-ortho nitro benzene ring substituents is 1. The summed E-state index contributed by atoms with van der Waals surface area (Å²) >= 11 is 2.83. The molecule has 0 aliphatic rings. The van der Waals surface area contributed by atoms with Crippen LogP contribution in [0.4, 0.5) is 5.69 Å². The Balaban J connectivity index is 1.67. The number of thiazole rings is 1. The first-order valence-corrected chi connectivity index (χ1v) is 11.5. The zero-order chi connectivity index (χ0) is 19.4. The molecule has 2 aromatic carbocycles. The van der Waals surface area contributed by atoms with Crippen LogP contribution in [0.25, 0.3) is 10.2 Å². The highest BCUT2D eigenvalue weighted by atomic mass is 32.2. The summed E-state index contributed by atoms with van der Waals surface area (Å²) in [6.07, 6.45) is 0. The number of nitrogens with zero attached hydrogens (tertiary/aromatic N) is 2. The van der Waals surface area contributed by atoms with Crippen LogP contribution in [0.15, 0.2) is 51.7 Å². The smallest absolute Gasteiger partial charge is 0.270 e.